The summed E-state index contributed by atoms with van der Waals surface area (Å²) >= 11 is 1.76. The number of thiophene rings is 1. The molecule has 0 fully saturated rings. The molecule has 5 rings (SSSR count). The van der Waals surface area contributed by atoms with E-state index in [4.69, 9.17) is 9.47 Å². The van der Waals surface area contributed by atoms with Crippen molar-refractivity contribution < 1.29 is 14.3 Å². The molecule has 1 amide bonds. The van der Waals surface area contributed by atoms with Crippen LogP contribution in [0.3, 0.4) is 0 Å². The van der Waals surface area contributed by atoms with Gasteiger partial charge in [0.05, 0.1) is 12.7 Å². The third-order valence-corrected chi connectivity index (χ3v) is 9.00. The second-order valence-corrected chi connectivity index (χ2v) is 11.3. The normalized spacial score (nSPS) is 19.3. The van der Waals surface area contributed by atoms with Gasteiger partial charge in [0, 0.05) is 4.88 Å². The lowest BCUT2D eigenvalue weighted by Gasteiger charge is -2.36. The van der Waals surface area contributed by atoms with E-state index in [2.05, 4.69) is 31.4 Å². The molecule has 0 saturated carbocycles. The van der Waals surface area contributed by atoms with Crippen molar-refractivity contribution in [1.82, 2.24) is 5.32 Å². The summed E-state index contributed by atoms with van der Waals surface area (Å²) in [6.45, 7) is 7.49. The van der Waals surface area contributed by atoms with Crippen LogP contribution in [0.4, 0.5) is 5.00 Å². The first-order chi connectivity index (χ1) is 16.9. The van der Waals surface area contributed by atoms with E-state index in [0.29, 0.717) is 29.4 Å². The minimum Gasteiger partial charge on any atom is -0.493 e. The van der Waals surface area contributed by atoms with Gasteiger partial charge in [-0.15, -0.1) is 11.3 Å². The van der Waals surface area contributed by atoms with E-state index in [-0.39, 0.29) is 12.1 Å². The van der Waals surface area contributed by atoms with Crippen LogP contribution >= 0.6 is 11.3 Å². The van der Waals surface area contributed by atoms with Crippen LogP contribution in [0.5, 0.6) is 11.5 Å². The fourth-order valence-corrected chi connectivity index (χ4v) is 6.49. The third kappa shape index (κ3) is 4.64. The number of anilines is 1. The average molecular weight is 491 g/mol. The Kier molecular flexibility index (Phi) is 6.49. The molecule has 0 saturated heterocycles. The third-order valence-electron chi connectivity index (χ3n) is 7.82. The van der Waals surface area contributed by atoms with Crippen molar-refractivity contribution in [2.24, 2.45) is 11.3 Å². The molecule has 0 spiro atoms. The summed E-state index contributed by atoms with van der Waals surface area (Å²) in [5, 5.41) is 7.74. The molecule has 2 N–H and O–H groups in total. The van der Waals surface area contributed by atoms with Gasteiger partial charge in [0.2, 0.25) is 0 Å². The Hall–Kier alpha value is -2.99. The highest BCUT2D eigenvalue weighted by Crippen LogP contribution is 2.47. The number of ether oxygens (including phenoxy) is 2. The molecule has 35 heavy (non-hydrogen) atoms. The molecule has 0 radical (unpaired) electrons. The highest BCUT2D eigenvalue weighted by molar-refractivity contribution is 7.16. The number of carbonyl (C=O) groups excluding carboxylic acids is 1. The Labute approximate surface area is 211 Å². The fraction of sp³-hybridized carbons (Fsp3) is 0.414. The van der Waals surface area contributed by atoms with E-state index in [1.807, 2.05) is 48.5 Å². The van der Waals surface area contributed by atoms with Gasteiger partial charge in [-0.3, -0.25) is 4.79 Å². The van der Waals surface area contributed by atoms with Crippen molar-refractivity contribution in [1.29, 1.82) is 0 Å². The molecule has 1 aromatic heterocycles. The van der Waals surface area contributed by atoms with Crippen LogP contribution < -0.4 is 20.1 Å². The Morgan fingerprint density at radius 1 is 1.09 bits per heavy atom. The van der Waals surface area contributed by atoms with Crippen molar-refractivity contribution in [2.75, 3.05) is 12.4 Å². The fourth-order valence-electron chi connectivity index (χ4n) is 5.14. The van der Waals surface area contributed by atoms with Crippen molar-refractivity contribution >= 4 is 22.2 Å². The van der Waals surface area contributed by atoms with Gasteiger partial charge in [0.25, 0.3) is 5.91 Å². The number of fused-ring (bicyclic) bond motifs is 3. The van der Waals surface area contributed by atoms with Gasteiger partial charge in [-0.2, -0.15) is 0 Å². The van der Waals surface area contributed by atoms with Gasteiger partial charge in [-0.05, 0) is 59.4 Å². The predicted molar refractivity (Wildman–Crippen MR) is 142 cm³/mol. The predicted octanol–water partition coefficient (Wildman–Crippen LogP) is 6.73. The molecule has 2 aliphatic rings. The number of rotatable bonds is 7. The van der Waals surface area contributed by atoms with E-state index in [9.17, 15) is 4.79 Å². The van der Waals surface area contributed by atoms with Crippen molar-refractivity contribution in [2.45, 2.75) is 59.2 Å². The highest BCUT2D eigenvalue weighted by atomic mass is 32.1. The molecule has 184 valence electrons. The average Bonchev–Trinajstić information content (AvgIpc) is 3.26. The van der Waals surface area contributed by atoms with E-state index in [1.54, 1.807) is 18.4 Å². The van der Waals surface area contributed by atoms with Crippen molar-refractivity contribution in [3.05, 3.63) is 75.7 Å². The molecule has 2 heterocycles. The second-order valence-electron chi connectivity index (χ2n) is 10.2. The van der Waals surface area contributed by atoms with Gasteiger partial charge < -0.3 is 20.1 Å². The van der Waals surface area contributed by atoms with Gasteiger partial charge in [-0.25, -0.2) is 0 Å². The molecule has 1 aliphatic carbocycles. The maximum Gasteiger partial charge on any atom is 0.256 e. The first kappa shape index (κ1) is 23.7. The maximum atomic E-state index is 13.2. The van der Waals surface area contributed by atoms with E-state index in [1.165, 1.54) is 16.9 Å². The Morgan fingerprint density at radius 3 is 2.63 bits per heavy atom. The van der Waals surface area contributed by atoms with Crippen LogP contribution in [0, 0.1) is 11.3 Å². The number of benzene rings is 2. The lowest BCUT2D eigenvalue weighted by atomic mass is 9.69. The Morgan fingerprint density at radius 2 is 1.89 bits per heavy atom. The summed E-state index contributed by atoms with van der Waals surface area (Å²) in [5.41, 5.74) is 4.45. The molecule has 5 nitrogen and oxygen atoms in total. The number of nitrogens with one attached hydrogen (secondary N) is 2. The smallest absolute Gasteiger partial charge is 0.256 e. The van der Waals surface area contributed by atoms with Gasteiger partial charge in [0.15, 0.2) is 11.5 Å². The molecule has 0 bridgehead atoms. The summed E-state index contributed by atoms with van der Waals surface area (Å²) in [6.07, 6.45) is 4.06. The van der Waals surface area contributed by atoms with Crippen molar-refractivity contribution in [3.8, 4) is 11.5 Å². The van der Waals surface area contributed by atoms with Crippen LogP contribution in [0.1, 0.15) is 71.7 Å². The number of hydrogen-bond acceptors (Lipinski definition) is 5. The minimum absolute atomic E-state index is 0.0119. The zero-order valence-electron chi connectivity index (χ0n) is 20.9. The van der Waals surface area contributed by atoms with Crippen LogP contribution in [0.15, 0.2) is 48.5 Å². The van der Waals surface area contributed by atoms with E-state index >= 15 is 0 Å². The second kappa shape index (κ2) is 9.57. The molecule has 2 aromatic carbocycles. The monoisotopic (exact) mass is 490 g/mol. The number of carbonyl (C=O) groups is 1. The minimum atomic E-state index is -0.310. The first-order valence-electron chi connectivity index (χ1n) is 12.5. The summed E-state index contributed by atoms with van der Waals surface area (Å²) in [6, 6.07) is 15.9. The summed E-state index contributed by atoms with van der Waals surface area (Å²) in [4.78, 5) is 14.6. The van der Waals surface area contributed by atoms with Crippen molar-refractivity contribution in [3.63, 3.8) is 0 Å². The molecule has 1 aliphatic heterocycles. The topological polar surface area (TPSA) is 59.6 Å². The SMILES string of the molecule is CCC(C)(C)C1CCc2c(sc3c2C(=O)NC(c2ccc(OCc4ccccc4)c(OC)c2)N3)C1. The molecular formula is C29H34N2O3S. The highest BCUT2D eigenvalue weighted by Gasteiger charge is 2.37. The van der Waals surface area contributed by atoms with Gasteiger partial charge in [-0.1, -0.05) is 63.6 Å². The summed E-state index contributed by atoms with van der Waals surface area (Å²) in [7, 11) is 1.64. The summed E-state index contributed by atoms with van der Waals surface area (Å²) in [5.74, 6) is 2.00. The van der Waals surface area contributed by atoms with Crippen LogP contribution in [0.25, 0.3) is 0 Å². The largest absolute Gasteiger partial charge is 0.493 e. The molecule has 3 aromatic rings. The van der Waals surface area contributed by atoms with Crippen LogP contribution in [0.2, 0.25) is 0 Å². The number of hydrogen-bond donors (Lipinski definition) is 2. The summed E-state index contributed by atoms with van der Waals surface area (Å²) < 4.78 is 11.6. The maximum absolute atomic E-state index is 13.2. The van der Waals surface area contributed by atoms with E-state index < -0.39 is 0 Å². The molecule has 2 unspecified atom stereocenters. The van der Waals surface area contributed by atoms with Gasteiger partial charge >= 0.3 is 0 Å². The molecule has 2 atom stereocenters. The Balaban J connectivity index is 1.35. The zero-order chi connectivity index (χ0) is 24.6. The quantitative estimate of drug-likeness (QED) is 0.385. The zero-order valence-corrected chi connectivity index (χ0v) is 21.8. The van der Waals surface area contributed by atoms with Crippen LogP contribution in [-0.4, -0.2) is 13.0 Å². The lowest BCUT2D eigenvalue weighted by molar-refractivity contribution is 0.0934. The molecular weight excluding hydrogens is 456 g/mol. The molecule has 6 heteroatoms. The van der Waals surface area contributed by atoms with E-state index in [0.717, 1.165) is 41.0 Å². The number of amides is 1. The Bertz CT molecular complexity index is 1220. The van der Waals surface area contributed by atoms with Gasteiger partial charge in [0.1, 0.15) is 17.8 Å². The first-order valence-corrected chi connectivity index (χ1v) is 13.3. The number of methoxy groups -OCH3 is 1. The standard InChI is InChI=1S/C29H34N2O3S/c1-5-29(2,3)20-12-13-21-24(16-20)35-28-25(21)27(32)30-26(31-28)19-11-14-22(23(15-19)33-4)34-17-18-9-7-6-8-10-18/h6-11,14-15,20,26,31H,5,12-13,16-17H2,1-4H3,(H,30,32). The lowest BCUT2D eigenvalue weighted by Crippen LogP contribution is -2.38. The van der Waals surface area contributed by atoms with Crippen LogP contribution in [-0.2, 0) is 19.4 Å².